The van der Waals surface area contributed by atoms with Crippen molar-refractivity contribution in [2.45, 2.75) is 4.83 Å². The van der Waals surface area contributed by atoms with Gasteiger partial charge in [0.15, 0.2) is 0 Å². The van der Waals surface area contributed by atoms with Crippen molar-refractivity contribution < 1.29 is 4.74 Å². The van der Waals surface area contributed by atoms with Crippen LogP contribution >= 0.6 is 50.7 Å². The summed E-state index contributed by atoms with van der Waals surface area (Å²) in [5.74, 6) is 0.709. The van der Waals surface area contributed by atoms with Crippen LogP contribution in [0.3, 0.4) is 0 Å². The first kappa shape index (κ1) is 15.0. The highest BCUT2D eigenvalue weighted by molar-refractivity contribution is 9.09. The van der Waals surface area contributed by atoms with E-state index in [0.717, 1.165) is 11.1 Å². The van der Waals surface area contributed by atoms with Crippen molar-refractivity contribution in [3.05, 3.63) is 62.6 Å². The third kappa shape index (κ3) is 3.38. The Kier molecular flexibility index (Phi) is 5.02. The van der Waals surface area contributed by atoms with Crippen LogP contribution in [0.1, 0.15) is 16.0 Å². The number of alkyl halides is 1. The Balaban J connectivity index is 2.46. The molecule has 0 heterocycles. The minimum Gasteiger partial charge on any atom is -0.496 e. The number of rotatable bonds is 3. The van der Waals surface area contributed by atoms with E-state index in [4.69, 9.17) is 39.5 Å². The van der Waals surface area contributed by atoms with E-state index in [9.17, 15) is 0 Å². The zero-order valence-electron chi connectivity index (χ0n) is 9.96. The Morgan fingerprint density at radius 1 is 0.947 bits per heavy atom. The number of hydrogen-bond donors (Lipinski definition) is 0. The van der Waals surface area contributed by atoms with Gasteiger partial charge < -0.3 is 4.74 Å². The van der Waals surface area contributed by atoms with Crippen molar-refractivity contribution in [3.63, 3.8) is 0 Å². The van der Waals surface area contributed by atoms with E-state index in [1.807, 2.05) is 18.2 Å². The molecule has 0 spiro atoms. The number of hydrogen-bond acceptors (Lipinski definition) is 1. The van der Waals surface area contributed by atoms with E-state index in [1.54, 1.807) is 25.3 Å². The lowest BCUT2D eigenvalue weighted by molar-refractivity contribution is 0.410. The van der Waals surface area contributed by atoms with Gasteiger partial charge in [-0.05, 0) is 29.8 Å². The second kappa shape index (κ2) is 6.36. The van der Waals surface area contributed by atoms with Crippen LogP contribution in [0.5, 0.6) is 5.75 Å². The van der Waals surface area contributed by atoms with Crippen LogP contribution < -0.4 is 4.74 Å². The number of halogens is 4. The van der Waals surface area contributed by atoms with Crippen molar-refractivity contribution in [1.82, 2.24) is 0 Å². The first-order valence-electron chi connectivity index (χ1n) is 5.45. The third-order valence-corrected chi connectivity index (χ3v) is 4.49. The van der Waals surface area contributed by atoms with Gasteiger partial charge in [-0.1, -0.05) is 62.9 Å². The molecule has 2 aromatic rings. The summed E-state index contributed by atoms with van der Waals surface area (Å²) in [7, 11) is 1.61. The van der Waals surface area contributed by atoms with Gasteiger partial charge in [0.25, 0.3) is 0 Å². The van der Waals surface area contributed by atoms with Crippen LogP contribution in [0.15, 0.2) is 36.4 Å². The molecule has 100 valence electrons. The molecule has 0 fully saturated rings. The maximum Gasteiger partial charge on any atom is 0.125 e. The van der Waals surface area contributed by atoms with Gasteiger partial charge in [-0.2, -0.15) is 0 Å². The fraction of sp³-hybridized carbons (Fsp3) is 0.143. The minimum absolute atomic E-state index is 0.0931. The molecular formula is C14H10BrCl3O. The average molecular weight is 380 g/mol. The van der Waals surface area contributed by atoms with E-state index in [2.05, 4.69) is 15.9 Å². The summed E-state index contributed by atoms with van der Waals surface area (Å²) in [6, 6.07) is 10.9. The van der Waals surface area contributed by atoms with Gasteiger partial charge in [-0.3, -0.25) is 0 Å². The normalized spacial score (nSPS) is 12.3. The SMILES string of the molecule is COc1cc(Cl)ccc1C(Br)c1ccc(Cl)cc1Cl. The lowest BCUT2D eigenvalue weighted by Gasteiger charge is -2.16. The Hall–Kier alpha value is -0.410. The zero-order chi connectivity index (χ0) is 14.0. The molecule has 0 aliphatic rings. The minimum atomic E-state index is -0.0931. The Bertz CT molecular complexity index is 601. The van der Waals surface area contributed by atoms with Gasteiger partial charge in [-0.25, -0.2) is 0 Å². The molecule has 0 radical (unpaired) electrons. The summed E-state index contributed by atoms with van der Waals surface area (Å²) in [5.41, 5.74) is 1.88. The van der Waals surface area contributed by atoms with Gasteiger partial charge in [0.1, 0.15) is 5.75 Å². The van der Waals surface area contributed by atoms with E-state index in [-0.39, 0.29) is 4.83 Å². The van der Waals surface area contributed by atoms with E-state index in [0.29, 0.717) is 20.8 Å². The van der Waals surface area contributed by atoms with Crippen molar-refractivity contribution in [1.29, 1.82) is 0 Å². The van der Waals surface area contributed by atoms with Crippen LogP contribution in [-0.4, -0.2) is 7.11 Å². The molecule has 0 amide bonds. The molecule has 1 nitrogen and oxygen atoms in total. The quantitative estimate of drug-likeness (QED) is 0.581. The highest BCUT2D eigenvalue weighted by Crippen LogP contribution is 2.40. The van der Waals surface area contributed by atoms with Gasteiger partial charge >= 0.3 is 0 Å². The smallest absolute Gasteiger partial charge is 0.125 e. The fourth-order valence-electron chi connectivity index (χ4n) is 1.77. The van der Waals surface area contributed by atoms with Crippen molar-refractivity contribution in [2.75, 3.05) is 7.11 Å². The molecule has 0 aliphatic carbocycles. The molecule has 0 saturated heterocycles. The molecule has 0 aromatic heterocycles. The first-order valence-corrected chi connectivity index (χ1v) is 7.50. The van der Waals surface area contributed by atoms with Gasteiger partial charge in [0.2, 0.25) is 0 Å². The number of ether oxygens (including phenoxy) is 1. The fourth-order valence-corrected chi connectivity index (χ4v) is 3.36. The summed E-state index contributed by atoms with van der Waals surface area (Å²) in [6.45, 7) is 0. The molecule has 19 heavy (non-hydrogen) atoms. The van der Waals surface area contributed by atoms with E-state index < -0.39 is 0 Å². The topological polar surface area (TPSA) is 9.23 Å². The zero-order valence-corrected chi connectivity index (χ0v) is 13.8. The Morgan fingerprint density at radius 3 is 2.11 bits per heavy atom. The molecule has 1 unspecified atom stereocenters. The van der Waals surface area contributed by atoms with E-state index in [1.165, 1.54) is 0 Å². The van der Waals surface area contributed by atoms with E-state index >= 15 is 0 Å². The number of methoxy groups -OCH3 is 1. The predicted molar refractivity (Wildman–Crippen MR) is 85.2 cm³/mol. The van der Waals surface area contributed by atoms with Crippen molar-refractivity contribution >= 4 is 50.7 Å². The maximum absolute atomic E-state index is 6.22. The van der Waals surface area contributed by atoms with Gasteiger partial charge in [-0.15, -0.1) is 0 Å². The number of benzene rings is 2. The summed E-state index contributed by atoms with van der Waals surface area (Å²) >= 11 is 21.7. The molecule has 5 heteroatoms. The molecule has 0 bridgehead atoms. The predicted octanol–water partition coefficient (Wildman–Crippen LogP) is 6.14. The molecular weight excluding hydrogens is 370 g/mol. The van der Waals surface area contributed by atoms with Crippen LogP contribution in [0.2, 0.25) is 15.1 Å². The van der Waals surface area contributed by atoms with Gasteiger partial charge in [0.05, 0.1) is 11.9 Å². The molecule has 0 aliphatic heterocycles. The second-order valence-electron chi connectivity index (χ2n) is 3.91. The van der Waals surface area contributed by atoms with Crippen LogP contribution in [0.25, 0.3) is 0 Å². The highest BCUT2D eigenvalue weighted by atomic mass is 79.9. The standard InChI is InChI=1S/C14H10BrCl3O/c1-19-13-7-9(17)3-5-11(13)14(15)10-4-2-8(16)6-12(10)18/h2-7,14H,1H3. The summed E-state index contributed by atoms with van der Waals surface area (Å²) < 4.78 is 5.35. The monoisotopic (exact) mass is 378 g/mol. The third-order valence-electron chi connectivity index (χ3n) is 2.70. The van der Waals surface area contributed by atoms with Crippen LogP contribution in [-0.2, 0) is 0 Å². The Morgan fingerprint density at radius 2 is 1.53 bits per heavy atom. The highest BCUT2D eigenvalue weighted by Gasteiger charge is 2.18. The van der Waals surface area contributed by atoms with Crippen molar-refractivity contribution in [2.24, 2.45) is 0 Å². The molecule has 0 saturated carbocycles. The first-order chi connectivity index (χ1) is 9.02. The largest absolute Gasteiger partial charge is 0.496 e. The lowest BCUT2D eigenvalue weighted by atomic mass is 10.0. The summed E-state index contributed by atoms with van der Waals surface area (Å²) in [5, 5.41) is 1.84. The van der Waals surface area contributed by atoms with Crippen molar-refractivity contribution in [3.8, 4) is 5.75 Å². The summed E-state index contributed by atoms with van der Waals surface area (Å²) in [4.78, 5) is -0.0931. The maximum atomic E-state index is 6.22. The molecule has 2 aromatic carbocycles. The second-order valence-corrected chi connectivity index (χ2v) is 6.11. The van der Waals surface area contributed by atoms with Gasteiger partial charge in [0, 0.05) is 20.6 Å². The Labute approximate surface area is 135 Å². The molecule has 1 atom stereocenters. The average Bonchev–Trinajstić information content (AvgIpc) is 2.37. The summed E-state index contributed by atoms with van der Waals surface area (Å²) in [6.07, 6.45) is 0. The van der Waals surface area contributed by atoms with Crippen LogP contribution in [0, 0.1) is 0 Å². The van der Waals surface area contributed by atoms with Crippen LogP contribution in [0.4, 0.5) is 0 Å². The lowest BCUT2D eigenvalue weighted by Crippen LogP contribution is -1.98. The molecule has 2 rings (SSSR count). The molecule has 0 N–H and O–H groups in total.